The van der Waals surface area contributed by atoms with Crippen LogP contribution in [0.3, 0.4) is 0 Å². The van der Waals surface area contributed by atoms with Gasteiger partial charge in [0.25, 0.3) is 0 Å². The molecule has 0 atom stereocenters. The van der Waals surface area contributed by atoms with Crippen LogP contribution in [0.5, 0.6) is 0 Å². The Labute approximate surface area is 162 Å². The van der Waals surface area contributed by atoms with Crippen LogP contribution < -0.4 is 10.6 Å². The van der Waals surface area contributed by atoms with E-state index >= 15 is 0 Å². The van der Waals surface area contributed by atoms with Crippen molar-refractivity contribution in [3.63, 3.8) is 0 Å². The van der Waals surface area contributed by atoms with Gasteiger partial charge >= 0.3 is 0 Å². The molecule has 0 bridgehead atoms. The van der Waals surface area contributed by atoms with Crippen LogP contribution in [0.1, 0.15) is 30.9 Å². The van der Waals surface area contributed by atoms with Crippen molar-refractivity contribution >= 4 is 34.5 Å². The highest BCUT2D eigenvalue weighted by atomic mass is 19.1. The lowest BCUT2D eigenvalue weighted by Crippen LogP contribution is -2.09. The molecule has 8 heteroatoms. The van der Waals surface area contributed by atoms with Gasteiger partial charge in [-0.1, -0.05) is 13.8 Å². The van der Waals surface area contributed by atoms with Crippen LogP contribution in [-0.2, 0) is 0 Å². The van der Waals surface area contributed by atoms with E-state index in [2.05, 4.69) is 44.6 Å². The third-order valence-electron chi connectivity index (χ3n) is 4.12. The summed E-state index contributed by atoms with van der Waals surface area (Å²) in [5.41, 5.74) is 3.81. The van der Waals surface area contributed by atoms with Crippen LogP contribution in [0.4, 0.5) is 16.0 Å². The minimum absolute atomic E-state index is 0.196. The number of nitrogens with one attached hydrogen (secondary N) is 3. The van der Waals surface area contributed by atoms with E-state index in [-0.39, 0.29) is 6.54 Å². The van der Waals surface area contributed by atoms with Gasteiger partial charge in [-0.3, -0.25) is 4.98 Å². The minimum atomic E-state index is -0.477. The number of pyridine rings is 2. The van der Waals surface area contributed by atoms with Gasteiger partial charge in [0.2, 0.25) is 0 Å². The molecule has 0 aliphatic heterocycles. The Kier molecular flexibility index (Phi) is 6.21. The third-order valence-corrected chi connectivity index (χ3v) is 4.12. The highest BCUT2D eigenvalue weighted by Crippen LogP contribution is 2.21. The molecule has 0 amide bonds. The largest absolute Gasteiger partial charge is 0.388 e. The van der Waals surface area contributed by atoms with E-state index in [1.165, 1.54) is 6.21 Å². The molecule has 3 aromatic rings. The Bertz CT molecular complexity index is 1000. The molecule has 0 unspecified atom stereocenters. The number of hydrogen-bond donors (Lipinski definition) is 3. The Morgan fingerprint density at radius 3 is 2.79 bits per heavy atom. The third kappa shape index (κ3) is 4.64. The van der Waals surface area contributed by atoms with Gasteiger partial charge in [0.05, 0.1) is 17.2 Å². The van der Waals surface area contributed by atoms with E-state index in [4.69, 9.17) is 5.41 Å². The fourth-order valence-electron chi connectivity index (χ4n) is 2.57. The van der Waals surface area contributed by atoms with Crippen molar-refractivity contribution in [2.75, 3.05) is 18.5 Å². The number of halogens is 1. The standard InChI is InChI=1S/C20H22FN7/c1-13(2)14-8-20(28-25-12-14)27-19-4-3-17-18(26-19)7-15(11-24-17)16(9-22)10-23-6-5-21/h3-4,7-13,22-23H,5-6H2,1-2H3,(H,26,27,28)/b16-10+,22-9?. The Morgan fingerprint density at radius 1 is 1.18 bits per heavy atom. The molecule has 0 spiro atoms. The fraction of sp³-hybridized carbons (Fsp3) is 0.250. The fourth-order valence-corrected chi connectivity index (χ4v) is 2.57. The smallest absolute Gasteiger partial charge is 0.154 e. The average Bonchev–Trinajstić information content (AvgIpc) is 2.71. The van der Waals surface area contributed by atoms with Crippen LogP contribution in [0.2, 0.25) is 0 Å². The molecule has 0 aromatic carbocycles. The molecule has 0 aliphatic rings. The highest BCUT2D eigenvalue weighted by Gasteiger charge is 2.07. The molecule has 0 radical (unpaired) electrons. The zero-order chi connectivity index (χ0) is 19.9. The number of anilines is 2. The van der Waals surface area contributed by atoms with Crippen LogP contribution in [0.25, 0.3) is 16.6 Å². The first kappa shape index (κ1) is 19.3. The van der Waals surface area contributed by atoms with Gasteiger partial charge in [-0.25, -0.2) is 9.37 Å². The monoisotopic (exact) mass is 379 g/mol. The van der Waals surface area contributed by atoms with Crippen molar-refractivity contribution < 1.29 is 4.39 Å². The van der Waals surface area contributed by atoms with Gasteiger partial charge in [0.15, 0.2) is 5.82 Å². The van der Waals surface area contributed by atoms with Crippen molar-refractivity contribution in [3.05, 3.63) is 54.0 Å². The second-order valence-electron chi connectivity index (χ2n) is 6.50. The van der Waals surface area contributed by atoms with E-state index in [0.29, 0.717) is 28.6 Å². The van der Waals surface area contributed by atoms with E-state index < -0.39 is 6.67 Å². The predicted molar refractivity (Wildman–Crippen MR) is 110 cm³/mol. The quantitative estimate of drug-likeness (QED) is 0.406. The molecule has 144 valence electrons. The van der Waals surface area contributed by atoms with Crippen molar-refractivity contribution in [1.29, 1.82) is 5.41 Å². The normalized spacial score (nSPS) is 11.6. The van der Waals surface area contributed by atoms with E-state index in [1.54, 1.807) is 18.6 Å². The summed E-state index contributed by atoms with van der Waals surface area (Å²) in [6.45, 7) is 3.91. The summed E-state index contributed by atoms with van der Waals surface area (Å²) in [5.74, 6) is 1.60. The van der Waals surface area contributed by atoms with Crippen molar-refractivity contribution in [2.24, 2.45) is 0 Å². The first-order valence-electron chi connectivity index (χ1n) is 8.97. The van der Waals surface area contributed by atoms with E-state index in [0.717, 1.165) is 16.6 Å². The topological polar surface area (TPSA) is 99.5 Å². The Balaban J connectivity index is 1.88. The van der Waals surface area contributed by atoms with E-state index in [1.807, 2.05) is 24.3 Å². The molecule has 3 rings (SSSR count). The van der Waals surface area contributed by atoms with Crippen molar-refractivity contribution in [1.82, 2.24) is 25.5 Å². The molecule has 3 N–H and O–H groups in total. The summed E-state index contributed by atoms with van der Waals surface area (Å²) in [5, 5.41) is 21.7. The molecule has 3 heterocycles. The Hall–Kier alpha value is -3.42. The predicted octanol–water partition coefficient (Wildman–Crippen LogP) is 3.84. The zero-order valence-electron chi connectivity index (χ0n) is 15.8. The van der Waals surface area contributed by atoms with Gasteiger partial charge in [-0.15, -0.1) is 5.10 Å². The lowest BCUT2D eigenvalue weighted by molar-refractivity contribution is 0.487. The average molecular weight is 379 g/mol. The number of alkyl halides is 1. The first-order chi connectivity index (χ1) is 13.6. The van der Waals surface area contributed by atoms with Crippen LogP contribution in [0.15, 0.2) is 42.9 Å². The second-order valence-corrected chi connectivity index (χ2v) is 6.50. The summed E-state index contributed by atoms with van der Waals surface area (Å²) in [7, 11) is 0. The summed E-state index contributed by atoms with van der Waals surface area (Å²) in [6.07, 6.45) is 6.22. The Morgan fingerprint density at radius 2 is 2.04 bits per heavy atom. The molecule has 28 heavy (non-hydrogen) atoms. The van der Waals surface area contributed by atoms with Gasteiger partial charge in [-0.05, 0) is 35.7 Å². The SMILES string of the molecule is CC(C)c1cnnc(Nc2ccc3ncc(/C(C=N)=C/NCCF)cc3n2)c1. The maximum atomic E-state index is 12.3. The number of nitrogens with zero attached hydrogens (tertiary/aromatic N) is 4. The van der Waals surface area contributed by atoms with Crippen LogP contribution >= 0.6 is 0 Å². The maximum Gasteiger partial charge on any atom is 0.154 e. The number of allylic oxidation sites excluding steroid dienone is 1. The lowest BCUT2D eigenvalue weighted by Gasteiger charge is -2.09. The van der Waals surface area contributed by atoms with Crippen molar-refractivity contribution in [2.45, 2.75) is 19.8 Å². The van der Waals surface area contributed by atoms with Gasteiger partial charge in [0, 0.05) is 36.3 Å². The second kappa shape index (κ2) is 8.98. The minimum Gasteiger partial charge on any atom is -0.388 e. The number of aromatic nitrogens is 4. The number of rotatable bonds is 8. The van der Waals surface area contributed by atoms with Crippen LogP contribution in [0, 0.1) is 5.41 Å². The lowest BCUT2D eigenvalue weighted by atomic mass is 10.1. The molecule has 0 aliphatic carbocycles. The molecular weight excluding hydrogens is 357 g/mol. The number of fused-ring (bicyclic) bond motifs is 1. The van der Waals surface area contributed by atoms with E-state index in [9.17, 15) is 4.39 Å². The van der Waals surface area contributed by atoms with Crippen molar-refractivity contribution in [3.8, 4) is 0 Å². The maximum absolute atomic E-state index is 12.3. The first-order valence-corrected chi connectivity index (χ1v) is 8.97. The van der Waals surface area contributed by atoms with Gasteiger partial charge < -0.3 is 16.0 Å². The summed E-state index contributed by atoms with van der Waals surface area (Å²) in [6, 6.07) is 7.49. The molecule has 0 saturated carbocycles. The van der Waals surface area contributed by atoms with Gasteiger partial charge in [0.1, 0.15) is 12.5 Å². The molecule has 0 fully saturated rings. The molecule has 0 saturated heterocycles. The summed E-state index contributed by atoms with van der Waals surface area (Å²) in [4.78, 5) is 8.99. The summed E-state index contributed by atoms with van der Waals surface area (Å²) < 4.78 is 12.3. The summed E-state index contributed by atoms with van der Waals surface area (Å²) >= 11 is 0. The molecule has 3 aromatic heterocycles. The molecule has 7 nitrogen and oxygen atoms in total. The van der Waals surface area contributed by atoms with Gasteiger partial charge in [-0.2, -0.15) is 5.10 Å². The van der Waals surface area contributed by atoms with Crippen LogP contribution in [-0.4, -0.2) is 39.6 Å². The highest BCUT2D eigenvalue weighted by molar-refractivity contribution is 6.08. The zero-order valence-corrected chi connectivity index (χ0v) is 15.8. The number of hydrogen-bond acceptors (Lipinski definition) is 7. The molecular formula is C20H22FN7.